The molecule has 120 valence electrons. The lowest BCUT2D eigenvalue weighted by atomic mass is 10.2. The van der Waals surface area contributed by atoms with E-state index in [1.54, 1.807) is 32.6 Å². The van der Waals surface area contributed by atoms with E-state index in [2.05, 4.69) is 20.2 Å². The molecule has 1 aromatic heterocycles. The van der Waals surface area contributed by atoms with E-state index in [0.717, 1.165) is 5.56 Å². The number of amidine groups is 1. The summed E-state index contributed by atoms with van der Waals surface area (Å²) in [4.78, 5) is 8.07. The maximum Gasteiger partial charge on any atom is 0.232 e. The Balaban J connectivity index is 2.16. The van der Waals surface area contributed by atoms with E-state index in [9.17, 15) is 0 Å². The number of nitrogens with zero attached hydrogens (tertiary/aromatic N) is 4. The summed E-state index contributed by atoms with van der Waals surface area (Å²) in [5.41, 5.74) is 6.99. The Morgan fingerprint density at radius 3 is 2.57 bits per heavy atom. The Morgan fingerprint density at radius 2 is 1.87 bits per heavy atom. The van der Waals surface area contributed by atoms with Crippen molar-refractivity contribution in [3.63, 3.8) is 0 Å². The van der Waals surface area contributed by atoms with Gasteiger partial charge in [-0.2, -0.15) is 5.10 Å². The molecule has 23 heavy (non-hydrogen) atoms. The lowest BCUT2D eigenvalue weighted by Crippen LogP contribution is -2.15. The smallest absolute Gasteiger partial charge is 0.232 e. The number of benzene rings is 1. The van der Waals surface area contributed by atoms with Crippen LogP contribution in [0.4, 0.5) is 0 Å². The van der Waals surface area contributed by atoms with Gasteiger partial charge in [-0.15, -0.1) is 5.10 Å². The maximum atomic E-state index is 5.82. The normalized spacial score (nSPS) is 11.5. The summed E-state index contributed by atoms with van der Waals surface area (Å²) in [6, 6.07) is 5.38. The average Bonchev–Trinajstić information content (AvgIpc) is 2.61. The first-order valence-corrected chi connectivity index (χ1v) is 6.63. The van der Waals surface area contributed by atoms with Crippen LogP contribution in [0.25, 0.3) is 0 Å². The highest BCUT2D eigenvalue weighted by molar-refractivity contribution is 5.95. The maximum absolute atomic E-state index is 5.82. The Kier molecular flexibility index (Phi) is 5.45. The van der Waals surface area contributed by atoms with Gasteiger partial charge in [0, 0.05) is 0 Å². The number of methoxy groups -OCH3 is 3. The van der Waals surface area contributed by atoms with E-state index in [-0.39, 0.29) is 5.84 Å². The second-order valence-electron chi connectivity index (χ2n) is 4.29. The minimum atomic E-state index is 0.133. The second-order valence-corrected chi connectivity index (χ2v) is 4.29. The zero-order valence-corrected chi connectivity index (χ0v) is 13.1. The number of nitrogens with two attached hydrogens (primary N) is 1. The number of aromatic nitrogens is 2. The van der Waals surface area contributed by atoms with Crippen molar-refractivity contribution in [1.82, 2.24) is 9.97 Å². The molecule has 0 saturated carbocycles. The van der Waals surface area contributed by atoms with Gasteiger partial charge in [0.15, 0.2) is 17.3 Å². The second kappa shape index (κ2) is 7.74. The zero-order valence-electron chi connectivity index (χ0n) is 13.1. The molecular weight excluding hydrogens is 298 g/mol. The molecule has 8 nitrogen and oxygen atoms in total. The van der Waals surface area contributed by atoms with Gasteiger partial charge in [-0.05, 0) is 23.8 Å². The predicted molar refractivity (Wildman–Crippen MR) is 86.4 cm³/mol. The zero-order chi connectivity index (χ0) is 16.7. The number of hydrogen-bond acceptors (Lipinski definition) is 7. The van der Waals surface area contributed by atoms with Gasteiger partial charge in [0.2, 0.25) is 5.88 Å². The molecule has 8 heteroatoms. The Labute approximate surface area is 133 Å². The van der Waals surface area contributed by atoms with Gasteiger partial charge in [-0.3, -0.25) is 4.98 Å². The monoisotopic (exact) mass is 315 g/mol. The highest BCUT2D eigenvalue weighted by Gasteiger charge is 2.04. The van der Waals surface area contributed by atoms with E-state index >= 15 is 0 Å². The fraction of sp³-hybridized carbons (Fsp3) is 0.200. The number of hydrogen-bond donors (Lipinski definition) is 1. The molecule has 2 rings (SSSR count). The largest absolute Gasteiger partial charge is 0.493 e. The van der Waals surface area contributed by atoms with Gasteiger partial charge in [0.25, 0.3) is 0 Å². The topological polar surface area (TPSA) is 104 Å². The quantitative estimate of drug-likeness (QED) is 0.488. The fourth-order valence-corrected chi connectivity index (χ4v) is 1.71. The van der Waals surface area contributed by atoms with E-state index in [0.29, 0.717) is 23.1 Å². The first kappa shape index (κ1) is 16.2. The van der Waals surface area contributed by atoms with Gasteiger partial charge < -0.3 is 19.9 Å². The molecule has 0 bridgehead atoms. The van der Waals surface area contributed by atoms with Crippen molar-refractivity contribution in [2.75, 3.05) is 21.3 Å². The molecule has 1 aromatic carbocycles. The molecule has 0 fully saturated rings. The van der Waals surface area contributed by atoms with Crippen molar-refractivity contribution in [3.05, 3.63) is 41.9 Å². The minimum absolute atomic E-state index is 0.133. The summed E-state index contributed by atoms with van der Waals surface area (Å²) in [7, 11) is 4.64. The summed E-state index contributed by atoms with van der Waals surface area (Å²) >= 11 is 0. The molecule has 0 unspecified atom stereocenters. The molecule has 0 radical (unpaired) electrons. The molecular formula is C15H17N5O3. The van der Waals surface area contributed by atoms with E-state index in [1.165, 1.54) is 19.5 Å². The van der Waals surface area contributed by atoms with Crippen LogP contribution < -0.4 is 19.9 Å². The van der Waals surface area contributed by atoms with Crippen molar-refractivity contribution in [1.29, 1.82) is 0 Å². The van der Waals surface area contributed by atoms with Crippen molar-refractivity contribution in [3.8, 4) is 17.4 Å². The van der Waals surface area contributed by atoms with Crippen LogP contribution in [0.1, 0.15) is 11.3 Å². The van der Waals surface area contributed by atoms with E-state index < -0.39 is 0 Å². The molecule has 2 aromatic rings. The van der Waals surface area contributed by atoms with Gasteiger partial charge in [-0.25, -0.2) is 4.98 Å². The lowest BCUT2D eigenvalue weighted by molar-refractivity contribution is 0.355. The molecule has 0 spiro atoms. The first-order valence-electron chi connectivity index (χ1n) is 6.63. The summed E-state index contributed by atoms with van der Waals surface area (Å²) in [6.07, 6.45) is 4.50. The molecule has 0 aliphatic heterocycles. The molecule has 1 heterocycles. The van der Waals surface area contributed by atoms with Crippen LogP contribution >= 0.6 is 0 Å². The third-order valence-electron chi connectivity index (χ3n) is 2.86. The first-order chi connectivity index (χ1) is 11.2. The molecule has 2 N–H and O–H groups in total. The SMILES string of the molecule is COc1cncc(C(N)=NN=Cc2ccc(OC)c(OC)c2)n1. The predicted octanol–water partition coefficient (Wildman–Crippen LogP) is 1.24. The minimum Gasteiger partial charge on any atom is -0.493 e. The van der Waals surface area contributed by atoms with Crippen LogP contribution in [0.15, 0.2) is 40.8 Å². The standard InChI is InChI=1S/C15H17N5O3/c1-21-12-5-4-10(6-13(12)22-2)7-18-20-15(16)11-8-17-9-14(19-11)23-3/h4-9H,1-3H3,(H2,16,20). The summed E-state index contributed by atoms with van der Waals surface area (Å²) in [5.74, 6) is 1.73. The van der Waals surface area contributed by atoms with Crippen LogP contribution in [0.2, 0.25) is 0 Å². The highest BCUT2D eigenvalue weighted by atomic mass is 16.5. The van der Waals surface area contributed by atoms with Crippen molar-refractivity contribution >= 4 is 12.1 Å². The Bertz CT molecular complexity index is 731. The van der Waals surface area contributed by atoms with Gasteiger partial charge in [0.1, 0.15) is 5.69 Å². The molecule has 0 aliphatic rings. The Morgan fingerprint density at radius 1 is 1.09 bits per heavy atom. The number of rotatable bonds is 6. The third-order valence-corrected chi connectivity index (χ3v) is 2.86. The molecule has 0 atom stereocenters. The highest BCUT2D eigenvalue weighted by Crippen LogP contribution is 2.26. The van der Waals surface area contributed by atoms with Crippen LogP contribution in [0.3, 0.4) is 0 Å². The average molecular weight is 315 g/mol. The van der Waals surface area contributed by atoms with Crippen LogP contribution in [-0.2, 0) is 0 Å². The van der Waals surface area contributed by atoms with Crippen molar-refractivity contribution in [2.45, 2.75) is 0 Å². The third kappa shape index (κ3) is 4.16. The van der Waals surface area contributed by atoms with Crippen LogP contribution in [-0.4, -0.2) is 43.3 Å². The van der Waals surface area contributed by atoms with Gasteiger partial charge in [0.05, 0.1) is 39.9 Å². The molecule has 0 amide bonds. The van der Waals surface area contributed by atoms with Crippen LogP contribution in [0.5, 0.6) is 17.4 Å². The number of ether oxygens (including phenoxy) is 3. The van der Waals surface area contributed by atoms with Gasteiger partial charge >= 0.3 is 0 Å². The van der Waals surface area contributed by atoms with Crippen molar-refractivity contribution in [2.24, 2.45) is 15.9 Å². The summed E-state index contributed by atoms with van der Waals surface area (Å²) < 4.78 is 15.4. The van der Waals surface area contributed by atoms with Gasteiger partial charge in [-0.1, -0.05) is 0 Å². The fourth-order valence-electron chi connectivity index (χ4n) is 1.71. The van der Waals surface area contributed by atoms with E-state index in [1.807, 2.05) is 6.07 Å². The summed E-state index contributed by atoms with van der Waals surface area (Å²) in [6.45, 7) is 0. The van der Waals surface area contributed by atoms with Crippen molar-refractivity contribution < 1.29 is 14.2 Å². The summed E-state index contributed by atoms with van der Waals surface area (Å²) in [5, 5.41) is 7.83. The van der Waals surface area contributed by atoms with Crippen LogP contribution in [0, 0.1) is 0 Å². The van der Waals surface area contributed by atoms with E-state index in [4.69, 9.17) is 19.9 Å². The lowest BCUT2D eigenvalue weighted by Gasteiger charge is -2.07. The molecule has 0 aliphatic carbocycles. The Hall–Kier alpha value is -3.16. The molecule has 0 saturated heterocycles.